The van der Waals surface area contributed by atoms with E-state index in [9.17, 15) is 22.4 Å². The van der Waals surface area contributed by atoms with Gasteiger partial charge in [0.15, 0.2) is 0 Å². The van der Waals surface area contributed by atoms with Crippen LogP contribution in [0.2, 0.25) is 0 Å². The molecule has 0 spiro atoms. The van der Waals surface area contributed by atoms with Crippen LogP contribution < -0.4 is 5.32 Å². The van der Waals surface area contributed by atoms with E-state index in [2.05, 4.69) is 15.3 Å². The van der Waals surface area contributed by atoms with Crippen molar-refractivity contribution in [2.24, 2.45) is 0 Å². The molecule has 0 unspecified atom stereocenters. The van der Waals surface area contributed by atoms with Crippen molar-refractivity contribution in [2.75, 3.05) is 5.32 Å². The number of nitrogens with zero attached hydrogens (tertiary/aromatic N) is 2. The first-order valence-corrected chi connectivity index (χ1v) is 8.28. The summed E-state index contributed by atoms with van der Waals surface area (Å²) < 4.78 is 53.9. The highest BCUT2D eigenvalue weighted by atomic mass is 19.4. The SMILES string of the molecule is CCCC(=O)Nc1nccc2c1C[C@H](F)Cc1cc(C(F)(F)F)cc-2n1. The Morgan fingerprint density at radius 2 is 2.08 bits per heavy atom. The molecule has 3 heterocycles. The van der Waals surface area contributed by atoms with Crippen molar-refractivity contribution in [1.29, 1.82) is 0 Å². The number of fused-ring (bicyclic) bond motifs is 4. The second-order valence-electron chi connectivity index (χ2n) is 6.22. The van der Waals surface area contributed by atoms with E-state index in [0.717, 1.165) is 12.1 Å². The van der Waals surface area contributed by atoms with Crippen LogP contribution in [0.3, 0.4) is 0 Å². The van der Waals surface area contributed by atoms with Crippen LogP contribution in [-0.2, 0) is 23.8 Å². The van der Waals surface area contributed by atoms with E-state index >= 15 is 0 Å². The summed E-state index contributed by atoms with van der Waals surface area (Å²) in [6.45, 7) is 1.84. The molecule has 0 aromatic carbocycles. The van der Waals surface area contributed by atoms with Crippen LogP contribution in [-0.4, -0.2) is 22.0 Å². The van der Waals surface area contributed by atoms with Gasteiger partial charge in [0.1, 0.15) is 12.0 Å². The summed E-state index contributed by atoms with van der Waals surface area (Å²) in [6, 6.07) is 3.32. The largest absolute Gasteiger partial charge is 0.416 e. The van der Waals surface area contributed by atoms with E-state index < -0.39 is 17.9 Å². The molecule has 26 heavy (non-hydrogen) atoms. The van der Waals surface area contributed by atoms with Gasteiger partial charge >= 0.3 is 6.18 Å². The first-order valence-electron chi connectivity index (χ1n) is 8.28. The van der Waals surface area contributed by atoms with Gasteiger partial charge in [-0.15, -0.1) is 0 Å². The van der Waals surface area contributed by atoms with Crippen molar-refractivity contribution in [3.63, 3.8) is 0 Å². The molecule has 1 aliphatic rings. The number of alkyl halides is 4. The Morgan fingerprint density at radius 1 is 1.31 bits per heavy atom. The lowest BCUT2D eigenvalue weighted by atomic mass is 9.94. The normalized spacial score (nSPS) is 16.4. The highest BCUT2D eigenvalue weighted by Crippen LogP contribution is 2.36. The first kappa shape index (κ1) is 18.3. The number of rotatable bonds is 3. The third-order valence-corrected chi connectivity index (χ3v) is 4.13. The molecule has 2 aromatic heterocycles. The summed E-state index contributed by atoms with van der Waals surface area (Å²) in [5, 5.41) is 2.63. The van der Waals surface area contributed by atoms with Gasteiger partial charge in [0.2, 0.25) is 5.91 Å². The molecule has 0 saturated carbocycles. The average molecular weight is 367 g/mol. The van der Waals surface area contributed by atoms with Gasteiger partial charge in [-0.2, -0.15) is 13.2 Å². The third kappa shape index (κ3) is 3.84. The van der Waals surface area contributed by atoms with Gasteiger partial charge in [0, 0.05) is 42.3 Å². The van der Waals surface area contributed by atoms with Gasteiger partial charge in [-0.05, 0) is 24.6 Å². The summed E-state index contributed by atoms with van der Waals surface area (Å²) in [5.41, 5.74) is 0.000767. The lowest BCUT2D eigenvalue weighted by Crippen LogP contribution is -2.19. The fourth-order valence-corrected chi connectivity index (χ4v) is 2.98. The smallest absolute Gasteiger partial charge is 0.310 e. The number of carbonyl (C=O) groups is 1. The molecule has 1 amide bonds. The van der Waals surface area contributed by atoms with E-state index in [0.29, 0.717) is 17.5 Å². The standard InChI is InChI=1S/C18H17F4N3O/c1-2-3-16(26)25-17-14-9-11(19)8-12-6-10(18(20,21)22)7-15(24-12)13(14)4-5-23-17/h4-7,11H,2-3,8-9H2,1H3,(H,23,25,26)/t11-/m1/s1. The summed E-state index contributed by atoms with van der Waals surface area (Å²) in [5.74, 6) is -0.102. The van der Waals surface area contributed by atoms with Gasteiger partial charge in [0.25, 0.3) is 0 Å². The third-order valence-electron chi connectivity index (χ3n) is 4.13. The van der Waals surface area contributed by atoms with Crippen LogP contribution in [0, 0.1) is 0 Å². The van der Waals surface area contributed by atoms with Gasteiger partial charge < -0.3 is 5.32 Å². The summed E-state index contributed by atoms with van der Waals surface area (Å²) in [6.07, 6.45) is -3.99. The van der Waals surface area contributed by atoms with Crippen LogP contribution in [0.1, 0.15) is 36.6 Å². The highest BCUT2D eigenvalue weighted by molar-refractivity contribution is 5.91. The molecular formula is C18H17F4N3O. The van der Waals surface area contributed by atoms with E-state index in [1.54, 1.807) is 0 Å². The maximum absolute atomic E-state index is 14.4. The van der Waals surface area contributed by atoms with Crippen molar-refractivity contribution >= 4 is 11.7 Å². The van der Waals surface area contributed by atoms with Crippen molar-refractivity contribution in [3.8, 4) is 11.3 Å². The summed E-state index contributed by atoms with van der Waals surface area (Å²) in [7, 11) is 0. The average Bonchev–Trinajstić information content (AvgIpc) is 2.54. The van der Waals surface area contributed by atoms with Crippen LogP contribution >= 0.6 is 0 Å². The van der Waals surface area contributed by atoms with Crippen molar-refractivity contribution in [2.45, 2.75) is 45.0 Å². The molecule has 4 nitrogen and oxygen atoms in total. The van der Waals surface area contributed by atoms with Crippen molar-refractivity contribution in [1.82, 2.24) is 9.97 Å². The van der Waals surface area contributed by atoms with Gasteiger partial charge in [-0.25, -0.2) is 9.37 Å². The molecule has 1 atom stereocenters. The second-order valence-corrected chi connectivity index (χ2v) is 6.22. The lowest BCUT2D eigenvalue weighted by molar-refractivity contribution is -0.137. The minimum absolute atomic E-state index is 0.0568. The van der Waals surface area contributed by atoms with Crippen LogP contribution in [0.4, 0.5) is 23.4 Å². The Hall–Kier alpha value is -2.51. The Balaban J connectivity index is 2.13. The Labute approximate surface area is 147 Å². The number of carbonyl (C=O) groups excluding carboxylic acids is 1. The predicted molar refractivity (Wildman–Crippen MR) is 88.3 cm³/mol. The number of halogens is 4. The maximum Gasteiger partial charge on any atom is 0.416 e. The Morgan fingerprint density at radius 3 is 2.77 bits per heavy atom. The predicted octanol–water partition coefficient (Wildman–Crippen LogP) is 4.34. The Kier molecular flexibility index (Phi) is 4.93. The number of amides is 1. The monoisotopic (exact) mass is 367 g/mol. The van der Waals surface area contributed by atoms with E-state index in [-0.39, 0.29) is 42.4 Å². The molecule has 1 aliphatic heterocycles. The molecule has 0 saturated heterocycles. The first-order chi connectivity index (χ1) is 12.3. The fraction of sp³-hybridized carbons (Fsp3) is 0.389. The zero-order chi connectivity index (χ0) is 18.9. The van der Waals surface area contributed by atoms with E-state index in [1.807, 2.05) is 6.92 Å². The van der Waals surface area contributed by atoms with Gasteiger partial charge in [-0.3, -0.25) is 9.78 Å². The number of hydrogen-bond acceptors (Lipinski definition) is 3. The number of nitrogens with one attached hydrogen (secondary N) is 1. The molecule has 8 heteroatoms. The quantitative estimate of drug-likeness (QED) is 0.821. The molecule has 3 rings (SSSR count). The van der Waals surface area contributed by atoms with Gasteiger partial charge in [0.05, 0.1) is 11.3 Å². The molecule has 0 radical (unpaired) electrons. The van der Waals surface area contributed by atoms with Gasteiger partial charge in [-0.1, -0.05) is 6.92 Å². The number of aromatic nitrogens is 2. The zero-order valence-corrected chi connectivity index (χ0v) is 14.0. The number of pyridine rings is 2. The van der Waals surface area contributed by atoms with Crippen LogP contribution in [0.15, 0.2) is 24.4 Å². The molecule has 0 fully saturated rings. The van der Waals surface area contributed by atoms with Crippen LogP contribution in [0.25, 0.3) is 11.3 Å². The molecule has 2 aromatic rings. The summed E-state index contributed by atoms with van der Waals surface area (Å²) >= 11 is 0. The molecule has 0 aliphatic carbocycles. The lowest BCUT2D eigenvalue weighted by Gasteiger charge is -2.21. The highest BCUT2D eigenvalue weighted by Gasteiger charge is 2.33. The second kappa shape index (κ2) is 7.01. The molecule has 138 valence electrons. The van der Waals surface area contributed by atoms with Crippen molar-refractivity contribution in [3.05, 3.63) is 41.2 Å². The fourth-order valence-electron chi connectivity index (χ4n) is 2.98. The summed E-state index contributed by atoms with van der Waals surface area (Å²) in [4.78, 5) is 20.1. The maximum atomic E-state index is 14.4. The number of hydrogen-bond donors (Lipinski definition) is 1. The molecule has 1 N–H and O–H groups in total. The minimum Gasteiger partial charge on any atom is -0.310 e. The number of anilines is 1. The molecule has 2 bridgehead atoms. The van der Waals surface area contributed by atoms with E-state index in [1.165, 1.54) is 12.3 Å². The molecular weight excluding hydrogens is 350 g/mol. The zero-order valence-electron chi connectivity index (χ0n) is 14.0. The topological polar surface area (TPSA) is 54.9 Å². The van der Waals surface area contributed by atoms with E-state index in [4.69, 9.17) is 0 Å². The van der Waals surface area contributed by atoms with Crippen LogP contribution in [0.5, 0.6) is 0 Å². The van der Waals surface area contributed by atoms with Crippen molar-refractivity contribution < 1.29 is 22.4 Å². The Bertz CT molecular complexity index is 836. The minimum atomic E-state index is -4.55.